The molecule has 106 valence electrons. The van der Waals surface area contributed by atoms with Crippen molar-refractivity contribution in [2.45, 2.75) is 0 Å². The fourth-order valence-electron chi connectivity index (χ4n) is 1.68. The summed E-state index contributed by atoms with van der Waals surface area (Å²) >= 11 is 0. The van der Waals surface area contributed by atoms with Crippen LogP contribution in [-0.4, -0.2) is 11.8 Å². The summed E-state index contributed by atoms with van der Waals surface area (Å²) in [7, 11) is 0. The maximum absolute atomic E-state index is 11.8. The number of benzene rings is 2. The Bertz CT molecular complexity index is 674. The standard InChI is InChI=1S/C16H15N3O2/c17-13-6-1-11(2-7-13)3-10-15(20)19-14-8-4-12(5-9-14)16(18)21/h1-10H,17H2,(H2,18,21)(H,19,20)/b10-3+. The van der Waals surface area contributed by atoms with E-state index in [2.05, 4.69) is 5.32 Å². The minimum absolute atomic E-state index is 0.265. The molecule has 2 amide bonds. The van der Waals surface area contributed by atoms with E-state index >= 15 is 0 Å². The van der Waals surface area contributed by atoms with Crippen molar-refractivity contribution in [3.05, 3.63) is 65.7 Å². The number of hydrogen-bond acceptors (Lipinski definition) is 3. The van der Waals surface area contributed by atoms with Gasteiger partial charge in [-0.05, 0) is 48.0 Å². The van der Waals surface area contributed by atoms with E-state index in [4.69, 9.17) is 11.5 Å². The summed E-state index contributed by atoms with van der Waals surface area (Å²) in [6, 6.07) is 13.5. The summed E-state index contributed by atoms with van der Waals surface area (Å²) in [5.74, 6) is -0.769. The van der Waals surface area contributed by atoms with Gasteiger partial charge < -0.3 is 16.8 Å². The number of rotatable bonds is 4. The number of primary amides is 1. The molecular formula is C16H15N3O2. The Morgan fingerprint density at radius 1 is 0.952 bits per heavy atom. The minimum atomic E-state index is -0.504. The van der Waals surface area contributed by atoms with Gasteiger partial charge in [-0.2, -0.15) is 0 Å². The second kappa shape index (κ2) is 6.38. The van der Waals surface area contributed by atoms with Gasteiger partial charge in [-0.25, -0.2) is 0 Å². The largest absolute Gasteiger partial charge is 0.399 e. The third-order valence-electron chi connectivity index (χ3n) is 2.80. The van der Waals surface area contributed by atoms with E-state index in [-0.39, 0.29) is 5.91 Å². The van der Waals surface area contributed by atoms with Crippen LogP contribution >= 0.6 is 0 Å². The first-order valence-electron chi connectivity index (χ1n) is 6.29. The Morgan fingerprint density at radius 3 is 2.14 bits per heavy atom. The van der Waals surface area contributed by atoms with Crippen LogP contribution in [0.4, 0.5) is 11.4 Å². The normalized spacial score (nSPS) is 10.5. The van der Waals surface area contributed by atoms with Crippen LogP contribution in [0.25, 0.3) is 6.08 Å². The van der Waals surface area contributed by atoms with Crippen LogP contribution in [0.1, 0.15) is 15.9 Å². The lowest BCUT2D eigenvalue weighted by Crippen LogP contribution is -2.11. The van der Waals surface area contributed by atoms with Crippen molar-refractivity contribution in [2.75, 3.05) is 11.1 Å². The van der Waals surface area contributed by atoms with Gasteiger partial charge in [0.1, 0.15) is 0 Å². The molecule has 2 rings (SSSR count). The number of carbonyl (C=O) groups excluding carboxylic acids is 2. The number of nitrogens with two attached hydrogens (primary N) is 2. The van der Waals surface area contributed by atoms with Gasteiger partial charge in [0.25, 0.3) is 0 Å². The third kappa shape index (κ3) is 4.21. The maximum Gasteiger partial charge on any atom is 0.248 e. The van der Waals surface area contributed by atoms with Crippen LogP contribution in [0.3, 0.4) is 0 Å². The molecule has 0 aliphatic rings. The van der Waals surface area contributed by atoms with Crippen molar-refractivity contribution in [2.24, 2.45) is 5.73 Å². The van der Waals surface area contributed by atoms with Crippen molar-refractivity contribution in [3.63, 3.8) is 0 Å². The van der Waals surface area contributed by atoms with E-state index in [1.54, 1.807) is 42.5 Å². The summed E-state index contributed by atoms with van der Waals surface area (Å²) in [5.41, 5.74) is 13.3. The monoisotopic (exact) mass is 281 g/mol. The Morgan fingerprint density at radius 2 is 1.57 bits per heavy atom. The lowest BCUT2D eigenvalue weighted by molar-refractivity contribution is -0.111. The zero-order chi connectivity index (χ0) is 15.2. The lowest BCUT2D eigenvalue weighted by atomic mass is 10.2. The van der Waals surface area contributed by atoms with E-state index < -0.39 is 5.91 Å². The predicted octanol–water partition coefficient (Wildman–Crippen LogP) is 2.02. The molecule has 0 aliphatic heterocycles. The predicted molar refractivity (Wildman–Crippen MR) is 83.5 cm³/mol. The maximum atomic E-state index is 11.8. The molecule has 21 heavy (non-hydrogen) atoms. The molecule has 2 aromatic carbocycles. The van der Waals surface area contributed by atoms with Crippen molar-refractivity contribution in [1.82, 2.24) is 0 Å². The Hall–Kier alpha value is -3.08. The number of carbonyl (C=O) groups is 2. The summed E-state index contributed by atoms with van der Waals surface area (Å²) in [6.07, 6.45) is 3.11. The highest BCUT2D eigenvalue weighted by Gasteiger charge is 2.01. The van der Waals surface area contributed by atoms with Crippen molar-refractivity contribution >= 4 is 29.3 Å². The molecule has 0 atom stereocenters. The summed E-state index contributed by atoms with van der Waals surface area (Å²) in [4.78, 5) is 22.7. The first-order chi connectivity index (χ1) is 10.0. The zero-order valence-corrected chi connectivity index (χ0v) is 11.2. The fraction of sp³-hybridized carbons (Fsp3) is 0. The Kier molecular flexibility index (Phi) is 4.36. The van der Waals surface area contributed by atoms with E-state index in [0.29, 0.717) is 16.9 Å². The van der Waals surface area contributed by atoms with Crippen molar-refractivity contribution in [3.8, 4) is 0 Å². The van der Waals surface area contributed by atoms with Crippen LogP contribution in [0, 0.1) is 0 Å². The molecule has 5 nitrogen and oxygen atoms in total. The topological polar surface area (TPSA) is 98.2 Å². The molecule has 0 fully saturated rings. The van der Waals surface area contributed by atoms with E-state index in [9.17, 15) is 9.59 Å². The van der Waals surface area contributed by atoms with Crippen LogP contribution in [0.15, 0.2) is 54.6 Å². The average Bonchev–Trinajstić information content (AvgIpc) is 2.47. The van der Waals surface area contributed by atoms with Gasteiger partial charge >= 0.3 is 0 Å². The Labute approximate surface area is 122 Å². The van der Waals surface area contributed by atoms with Gasteiger partial charge in [0.15, 0.2) is 0 Å². The first-order valence-corrected chi connectivity index (χ1v) is 6.29. The summed E-state index contributed by atoms with van der Waals surface area (Å²) in [5, 5.41) is 2.69. The highest BCUT2D eigenvalue weighted by Crippen LogP contribution is 2.10. The van der Waals surface area contributed by atoms with Gasteiger partial charge in [0.05, 0.1) is 0 Å². The van der Waals surface area contributed by atoms with Crippen LogP contribution < -0.4 is 16.8 Å². The summed E-state index contributed by atoms with van der Waals surface area (Å²) in [6.45, 7) is 0. The smallest absolute Gasteiger partial charge is 0.248 e. The molecule has 5 heteroatoms. The van der Waals surface area contributed by atoms with Crippen molar-refractivity contribution in [1.29, 1.82) is 0 Å². The molecule has 0 unspecified atom stereocenters. The fourth-order valence-corrected chi connectivity index (χ4v) is 1.68. The van der Waals surface area contributed by atoms with E-state index in [1.807, 2.05) is 12.1 Å². The molecule has 0 heterocycles. The molecule has 0 saturated carbocycles. The minimum Gasteiger partial charge on any atom is -0.399 e. The van der Waals surface area contributed by atoms with Gasteiger partial charge in [0, 0.05) is 23.0 Å². The Balaban J connectivity index is 1.98. The molecular weight excluding hydrogens is 266 g/mol. The van der Waals surface area contributed by atoms with Gasteiger partial charge in [-0.1, -0.05) is 12.1 Å². The van der Waals surface area contributed by atoms with E-state index in [1.165, 1.54) is 6.08 Å². The zero-order valence-electron chi connectivity index (χ0n) is 11.2. The quantitative estimate of drug-likeness (QED) is 0.590. The lowest BCUT2D eigenvalue weighted by Gasteiger charge is -2.02. The molecule has 0 saturated heterocycles. The van der Waals surface area contributed by atoms with Crippen LogP contribution in [-0.2, 0) is 4.79 Å². The molecule has 0 bridgehead atoms. The van der Waals surface area contributed by atoms with Gasteiger partial charge in [-0.3, -0.25) is 9.59 Å². The second-order valence-corrected chi connectivity index (χ2v) is 4.43. The second-order valence-electron chi connectivity index (χ2n) is 4.43. The SMILES string of the molecule is NC(=O)c1ccc(NC(=O)/C=C/c2ccc(N)cc2)cc1. The number of anilines is 2. The highest BCUT2D eigenvalue weighted by atomic mass is 16.1. The first kappa shape index (κ1) is 14.3. The van der Waals surface area contributed by atoms with Crippen LogP contribution in [0.2, 0.25) is 0 Å². The molecule has 2 aromatic rings. The molecule has 0 aromatic heterocycles. The molecule has 5 N–H and O–H groups in total. The number of amides is 2. The molecule has 0 radical (unpaired) electrons. The average molecular weight is 281 g/mol. The number of nitrogen functional groups attached to an aromatic ring is 1. The van der Waals surface area contributed by atoms with E-state index in [0.717, 1.165) is 5.56 Å². The van der Waals surface area contributed by atoms with Gasteiger partial charge in [0.2, 0.25) is 11.8 Å². The number of hydrogen-bond donors (Lipinski definition) is 3. The number of nitrogens with one attached hydrogen (secondary N) is 1. The van der Waals surface area contributed by atoms with Crippen molar-refractivity contribution < 1.29 is 9.59 Å². The highest BCUT2D eigenvalue weighted by molar-refractivity contribution is 6.02. The molecule has 0 aliphatic carbocycles. The molecule has 0 spiro atoms. The summed E-state index contributed by atoms with van der Waals surface area (Å²) < 4.78 is 0. The van der Waals surface area contributed by atoms with Crippen LogP contribution in [0.5, 0.6) is 0 Å². The third-order valence-corrected chi connectivity index (χ3v) is 2.80. The van der Waals surface area contributed by atoms with Gasteiger partial charge in [-0.15, -0.1) is 0 Å².